The predicted molar refractivity (Wildman–Crippen MR) is 62.9 cm³/mol. The van der Waals surface area contributed by atoms with Gasteiger partial charge in [-0.25, -0.2) is 0 Å². The third kappa shape index (κ3) is 2.44. The van der Waals surface area contributed by atoms with E-state index in [0.717, 1.165) is 13.1 Å². The van der Waals surface area contributed by atoms with E-state index in [1.165, 1.54) is 19.3 Å². The zero-order chi connectivity index (χ0) is 10.9. The van der Waals surface area contributed by atoms with Crippen molar-refractivity contribution in [2.45, 2.75) is 36.8 Å². The Morgan fingerprint density at radius 1 is 1.07 bits per heavy atom. The molecule has 1 fully saturated rings. The van der Waals surface area contributed by atoms with E-state index < -0.39 is 5.06 Å². The molecule has 1 aliphatic heterocycles. The molecule has 3 heteroatoms. The fourth-order valence-corrected chi connectivity index (χ4v) is 2.39. The Morgan fingerprint density at radius 3 is 2.13 bits per heavy atom. The van der Waals surface area contributed by atoms with Crippen molar-refractivity contribution in [3.05, 3.63) is 24.3 Å². The van der Waals surface area contributed by atoms with Gasteiger partial charge in [0.05, 0.1) is 5.54 Å². The summed E-state index contributed by atoms with van der Waals surface area (Å²) in [6.45, 7) is 4.43. The van der Waals surface area contributed by atoms with Crippen molar-refractivity contribution >= 4 is 11.6 Å². The highest BCUT2D eigenvalue weighted by atomic mass is 35.5. The third-order valence-corrected chi connectivity index (χ3v) is 3.60. The number of hydrogen-bond acceptors (Lipinski definition) is 2. The Balaban J connectivity index is 2.11. The van der Waals surface area contributed by atoms with Crippen LogP contribution < -0.4 is 0 Å². The van der Waals surface area contributed by atoms with Crippen LogP contribution >= 0.6 is 11.6 Å². The number of aliphatic hydroxyl groups is 1. The van der Waals surface area contributed by atoms with Crippen LogP contribution in [0.5, 0.6) is 0 Å². The molecule has 0 bridgehead atoms. The van der Waals surface area contributed by atoms with Gasteiger partial charge in [0, 0.05) is 0 Å². The Morgan fingerprint density at radius 2 is 1.60 bits per heavy atom. The molecule has 0 atom stereocenters. The highest BCUT2D eigenvalue weighted by Crippen LogP contribution is 2.30. The summed E-state index contributed by atoms with van der Waals surface area (Å²) in [5, 5.41) is 8.30. The molecule has 1 N–H and O–H groups in total. The molecule has 0 spiro atoms. The monoisotopic (exact) mass is 227 g/mol. The van der Waals surface area contributed by atoms with Crippen LogP contribution in [-0.2, 0) is 0 Å². The van der Waals surface area contributed by atoms with Gasteiger partial charge < -0.3 is 5.11 Å². The van der Waals surface area contributed by atoms with E-state index in [2.05, 4.69) is 11.8 Å². The largest absolute Gasteiger partial charge is 0.368 e. The van der Waals surface area contributed by atoms with Gasteiger partial charge in [-0.3, -0.25) is 4.90 Å². The Labute approximate surface area is 96.2 Å². The topological polar surface area (TPSA) is 23.5 Å². The van der Waals surface area contributed by atoms with Crippen molar-refractivity contribution in [1.82, 2.24) is 4.90 Å². The summed E-state index contributed by atoms with van der Waals surface area (Å²) in [7, 11) is 0. The van der Waals surface area contributed by atoms with Crippen LogP contribution in [-0.4, -0.2) is 33.7 Å². The minimum atomic E-state index is -1.28. The molecule has 0 unspecified atom stereocenters. The Hall–Kier alpha value is -0.310. The SMILES string of the molecule is CC1(N2CCCCC2)C=CC(O)(Cl)C=C1. The van der Waals surface area contributed by atoms with Gasteiger partial charge in [-0.1, -0.05) is 30.2 Å². The van der Waals surface area contributed by atoms with Gasteiger partial charge >= 0.3 is 0 Å². The normalized spacial score (nSPS) is 42.1. The van der Waals surface area contributed by atoms with Gasteiger partial charge in [-0.05, 0) is 45.0 Å². The van der Waals surface area contributed by atoms with Gasteiger partial charge in [-0.15, -0.1) is 0 Å². The molecule has 2 aliphatic rings. The van der Waals surface area contributed by atoms with Crippen LogP contribution in [0.4, 0.5) is 0 Å². The minimum absolute atomic E-state index is 0.0679. The van der Waals surface area contributed by atoms with E-state index in [0.29, 0.717) is 0 Å². The maximum Gasteiger partial charge on any atom is 0.176 e. The maximum atomic E-state index is 9.58. The Bertz CT molecular complexity index is 274. The van der Waals surface area contributed by atoms with E-state index in [4.69, 9.17) is 11.6 Å². The molecule has 84 valence electrons. The molecule has 0 saturated carbocycles. The van der Waals surface area contributed by atoms with Gasteiger partial charge in [0.25, 0.3) is 0 Å². The number of nitrogens with zero attached hydrogens (tertiary/aromatic N) is 1. The molecule has 2 nitrogen and oxygen atoms in total. The number of likely N-dealkylation sites (tertiary alicyclic amines) is 1. The van der Waals surface area contributed by atoms with Crippen molar-refractivity contribution in [1.29, 1.82) is 0 Å². The first kappa shape index (κ1) is 11.2. The number of piperidine rings is 1. The van der Waals surface area contributed by atoms with Gasteiger partial charge in [0.2, 0.25) is 0 Å². The fourth-order valence-electron chi connectivity index (χ4n) is 2.27. The van der Waals surface area contributed by atoms with E-state index in [1.54, 1.807) is 12.2 Å². The molecule has 15 heavy (non-hydrogen) atoms. The molecule has 0 radical (unpaired) electrons. The second-order valence-corrected chi connectivity index (χ2v) is 5.27. The lowest BCUT2D eigenvalue weighted by Crippen LogP contribution is -2.47. The van der Waals surface area contributed by atoms with Gasteiger partial charge in [-0.2, -0.15) is 0 Å². The zero-order valence-corrected chi connectivity index (χ0v) is 9.87. The lowest BCUT2D eigenvalue weighted by atomic mass is 9.91. The predicted octanol–water partition coefficient (Wildman–Crippen LogP) is 2.28. The first-order valence-corrected chi connectivity index (χ1v) is 5.97. The number of rotatable bonds is 1. The molecule has 0 aromatic heterocycles. The van der Waals surface area contributed by atoms with Crippen molar-refractivity contribution in [2.24, 2.45) is 0 Å². The summed E-state index contributed by atoms with van der Waals surface area (Å²) in [5.74, 6) is 0. The highest BCUT2D eigenvalue weighted by Gasteiger charge is 2.32. The third-order valence-electron chi connectivity index (χ3n) is 3.35. The van der Waals surface area contributed by atoms with E-state index in [9.17, 15) is 5.11 Å². The molecular weight excluding hydrogens is 210 g/mol. The van der Waals surface area contributed by atoms with Crippen LogP contribution in [0.25, 0.3) is 0 Å². The average Bonchev–Trinajstić information content (AvgIpc) is 2.24. The molecular formula is C12H18ClNO. The van der Waals surface area contributed by atoms with Crippen molar-refractivity contribution in [3.63, 3.8) is 0 Å². The quantitative estimate of drug-likeness (QED) is 0.549. The summed E-state index contributed by atoms with van der Waals surface area (Å²) in [6.07, 6.45) is 11.2. The second-order valence-electron chi connectivity index (χ2n) is 4.67. The van der Waals surface area contributed by atoms with Crippen LogP contribution in [0.2, 0.25) is 0 Å². The summed E-state index contributed by atoms with van der Waals surface area (Å²) >= 11 is 5.80. The molecule has 0 amide bonds. The molecule has 0 aromatic carbocycles. The van der Waals surface area contributed by atoms with E-state index >= 15 is 0 Å². The van der Waals surface area contributed by atoms with Gasteiger partial charge in [0.15, 0.2) is 5.06 Å². The summed E-state index contributed by atoms with van der Waals surface area (Å²) in [5.41, 5.74) is -0.0679. The van der Waals surface area contributed by atoms with Crippen molar-refractivity contribution < 1.29 is 5.11 Å². The summed E-state index contributed by atoms with van der Waals surface area (Å²) in [6, 6.07) is 0. The van der Waals surface area contributed by atoms with Crippen LogP contribution in [0.15, 0.2) is 24.3 Å². The first-order valence-electron chi connectivity index (χ1n) is 5.59. The summed E-state index contributed by atoms with van der Waals surface area (Å²) in [4.78, 5) is 2.44. The van der Waals surface area contributed by atoms with E-state index in [1.807, 2.05) is 12.2 Å². The molecule has 1 aliphatic carbocycles. The summed E-state index contributed by atoms with van der Waals surface area (Å²) < 4.78 is 0. The minimum Gasteiger partial charge on any atom is -0.368 e. The zero-order valence-electron chi connectivity index (χ0n) is 9.12. The number of halogens is 1. The van der Waals surface area contributed by atoms with E-state index in [-0.39, 0.29) is 5.54 Å². The average molecular weight is 228 g/mol. The first-order chi connectivity index (χ1) is 7.02. The lowest BCUT2D eigenvalue weighted by molar-refractivity contribution is 0.144. The molecule has 1 saturated heterocycles. The Kier molecular flexibility index (Phi) is 2.93. The van der Waals surface area contributed by atoms with Crippen LogP contribution in [0.1, 0.15) is 26.2 Å². The standard InChI is InChI=1S/C12H18ClNO/c1-11(14-9-3-2-4-10-14)5-7-12(13,15)8-6-11/h5-8,15H,2-4,9-10H2,1H3. The smallest absolute Gasteiger partial charge is 0.176 e. The highest BCUT2D eigenvalue weighted by molar-refractivity contribution is 6.25. The fraction of sp³-hybridized carbons (Fsp3) is 0.667. The molecule has 2 rings (SSSR count). The van der Waals surface area contributed by atoms with Crippen molar-refractivity contribution in [2.75, 3.05) is 13.1 Å². The second kappa shape index (κ2) is 3.93. The maximum absolute atomic E-state index is 9.58. The molecule has 1 heterocycles. The van der Waals surface area contributed by atoms with Crippen LogP contribution in [0.3, 0.4) is 0 Å². The van der Waals surface area contributed by atoms with Crippen LogP contribution in [0, 0.1) is 0 Å². The number of alkyl halides is 1. The lowest BCUT2D eigenvalue weighted by Gasteiger charge is -2.41. The van der Waals surface area contributed by atoms with Crippen molar-refractivity contribution in [3.8, 4) is 0 Å². The van der Waals surface area contributed by atoms with Gasteiger partial charge in [0.1, 0.15) is 0 Å². The molecule has 0 aromatic rings. The number of hydrogen-bond donors (Lipinski definition) is 1.